The number of rotatable bonds is 2. The Balaban J connectivity index is 1.77. The van der Waals surface area contributed by atoms with Crippen LogP contribution in [0.4, 0.5) is 5.69 Å². The van der Waals surface area contributed by atoms with Crippen LogP contribution in [0.3, 0.4) is 0 Å². The molecule has 3 aromatic rings. The second kappa shape index (κ2) is 6.20. The maximum atomic E-state index is 10.9. The molecule has 0 amide bonds. The summed E-state index contributed by atoms with van der Waals surface area (Å²) in [6.45, 7) is 11.0. The summed E-state index contributed by atoms with van der Waals surface area (Å²) in [7, 11) is 0. The average molecular weight is 386 g/mol. The fourth-order valence-electron chi connectivity index (χ4n) is 3.06. The predicted molar refractivity (Wildman–Crippen MR) is 103 cm³/mol. The van der Waals surface area contributed by atoms with Gasteiger partial charge in [-0.1, -0.05) is 29.4 Å². The van der Waals surface area contributed by atoms with E-state index in [4.69, 9.17) is 22.9 Å². The number of hydrogen-bond donors (Lipinski definition) is 2. The number of aliphatic hydroxyl groups is 1. The van der Waals surface area contributed by atoms with Crippen LogP contribution in [0.2, 0.25) is 5.02 Å². The normalized spacial score (nSPS) is 21.0. The molecule has 0 bridgehead atoms. The molecule has 0 unspecified atom stereocenters. The minimum absolute atomic E-state index is 0.313. The van der Waals surface area contributed by atoms with Crippen molar-refractivity contribution in [1.82, 2.24) is 9.97 Å². The molecule has 2 N–H and O–H groups in total. The van der Waals surface area contributed by atoms with E-state index >= 15 is 0 Å². The lowest BCUT2D eigenvalue weighted by molar-refractivity contribution is -0.0429. The zero-order valence-corrected chi connectivity index (χ0v) is 15.7. The number of aromatic amines is 1. The number of nitrogens with zero attached hydrogens (tertiary/aromatic N) is 2. The Morgan fingerprint density at radius 2 is 2.12 bits per heavy atom. The Morgan fingerprint density at radius 3 is 2.88 bits per heavy atom. The van der Waals surface area contributed by atoms with Crippen LogP contribution >= 0.6 is 23.4 Å². The highest BCUT2D eigenvalue weighted by Gasteiger charge is 2.43. The number of halogens is 1. The molecule has 1 aliphatic heterocycles. The Labute approximate surface area is 160 Å². The number of H-pyrrole nitrogens is 1. The number of thioether (sulfide) groups is 1. The van der Waals surface area contributed by atoms with E-state index in [9.17, 15) is 5.11 Å². The molecule has 7 heteroatoms. The number of fused-ring (bicyclic) bond motifs is 2. The first-order valence-electron chi connectivity index (χ1n) is 8.08. The van der Waals surface area contributed by atoms with E-state index in [0.717, 1.165) is 16.6 Å². The van der Waals surface area contributed by atoms with Crippen LogP contribution in [0.5, 0.6) is 5.75 Å². The van der Waals surface area contributed by atoms with Gasteiger partial charge in [0.15, 0.2) is 10.8 Å². The summed E-state index contributed by atoms with van der Waals surface area (Å²) in [4.78, 5) is 11.3. The van der Waals surface area contributed by atoms with Gasteiger partial charge in [0.25, 0.3) is 0 Å². The SMILES string of the molecule is [C-]#[N+]c1ccc2c(c1)[C@@H](Sc1nc3cc(Cl)ccc3[nH]1)[C@H](O)C(C)(C)O2. The Kier molecular flexibility index (Phi) is 4.11. The van der Waals surface area contributed by atoms with Crippen LogP contribution in [0.25, 0.3) is 15.9 Å². The molecule has 4 rings (SSSR count). The van der Waals surface area contributed by atoms with E-state index in [0.29, 0.717) is 21.6 Å². The maximum Gasteiger partial charge on any atom is 0.187 e. The number of nitrogens with one attached hydrogen (secondary N) is 1. The number of ether oxygens (including phenoxy) is 1. The van der Waals surface area contributed by atoms with Crippen molar-refractivity contribution in [2.24, 2.45) is 0 Å². The van der Waals surface area contributed by atoms with Gasteiger partial charge in [-0.05, 0) is 44.2 Å². The van der Waals surface area contributed by atoms with Crippen LogP contribution in [0, 0.1) is 6.57 Å². The molecule has 0 saturated carbocycles. The first kappa shape index (κ1) is 17.2. The minimum atomic E-state index is -0.766. The van der Waals surface area contributed by atoms with Crippen molar-refractivity contribution in [3.63, 3.8) is 0 Å². The van der Waals surface area contributed by atoms with E-state index in [1.165, 1.54) is 11.8 Å². The standard InChI is InChI=1S/C19H16ClN3O2S/c1-19(2)17(24)16(12-9-11(21-3)5-7-15(12)25-19)26-18-22-13-6-4-10(20)8-14(13)23-18/h4-9,16-17,24H,1-2H3,(H,22,23)/t16-,17+/m1/s1. The van der Waals surface area contributed by atoms with Crippen molar-refractivity contribution in [1.29, 1.82) is 0 Å². The lowest BCUT2D eigenvalue weighted by atomic mass is 9.90. The van der Waals surface area contributed by atoms with Crippen molar-refractivity contribution in [3.8, 4) is 5.75 Å². The number of benzene rings is 2. The summed E-state index contributed by atoms with van der Waals surface area (Å²) >= 11 is 7.46. The van der Waals surface area contributed by atoms with Gasteiger partial charge in [0.05, 0.1) is 22.9 Å². The van der Waals surface area contributed by atoms with Crippen molar-refractivity contribution < 1.29 is 9.84 Å². The van der Waals surface area contributed by atoms with Crippen LogP contribution in [0.15, 0.2) is 41.6 Å². The molecule has 0 aliphatic carbocycles. The second-order valence-corrected chi connectivity index (χ2v) is 8.29. The van der Waals surface area contributed by atoms with E-state index in [-0.39, 0.29) is 5.25 Å². The van der Waals surface area contributed by atoms with E-state index in [2.05, 4.69) is 14.8 Å². The molecule has 1 aliphatic rings. The molecule has 0 spiro atoms. The smallest absolute Gasteiger partial charge is 0.187 e. The third-order valence-corrected chi connectivity index (χ3v) is 5.88. The Bertz CT molecular complexity index is 1040. The molecule has 0 saturated heterocycles. The minimum Gasteiger partial charge on any atom is -0.485 e. The van der Waals surface area contributed by atoms with Gasteiger partial charge in [-0.15, -0.1) is 0 Å². The van der Waals surface area contributed by atoms with Gasteiger partial charge in [-0.3, -0.25) is 0 Å². The summed E-state index contributed by atoms with van der Waals surface area (Å²) < 4.78 is 5.96. The maximum absolute atomic E-state index is 10.9. The number of imidazole rings is 1. The topological polar surface area (TPSA) is 62.5 Å². The zero-order chi connectivity index (χ0) is 18.5. The third kappa shape index (κ3) is 2.92. The summed E-state index contributed by atoms with van der Waals surface area (Å²) in [6, 6.07) is 10.8. The zero-order valence-electron chi connectivity index (χ0n) is 14.2. The Hall–Kier alpha value is -2.20. The van der Waals surface area contributed by atoms with Crippen molar-refractivity contribution >= 4 is 40.1 Å². The molecule has 1 aromatic heterocycles. The quantitative estimate of drug-likeness (QED) is 0.600. The number of aliphatic hydroxyl groups excluding tert-OH is 1. The van der Waals surface area contributed by atoms with Gasteiger partial charge in [-0.2, -0.15) is 0 Å². The van der Waals surface area contributed by atoms with Gasteiger partial charge in [0, 0.05) is 10.6 Å². The first-order valence-corrected chi connectivity index (χ1v) is 9.33. The van der Waals surface area contributed by atoms with Crippen LogP contribution in [0.1, 0.15) is 24.7 Å². The van der Waals surface area contributed by atoms with Gasteiger partial charge >= 0.3 is 0 Å². The van der Waals surface area contributed by atoms with Gasteiger partial charge < -0.3 is 14.8 Å². The van der Waals surface area contributed by atoms with Gasteiger partial charge in [0.1, 0.15) is 17.5 Å². The second-order valence-electron chi connectivity index (χ2n) is 6.73. The number of hydrogen-bond acceptors (Lipinski definition) is 4. The molecule has 0 fully saturated rings. The van der Waals surface area contributed by atoms with Gasteiger partial charge in [-0.25, -0.2) is 9.83 Å². The molecule has 2 atom stereocenters. The van der Waals surface area contributed by atoms with Crippen molar-refractivity contribution in [3.05, 3.63) is 58.4 Å². The van der Waals surface area contributed by atoms with E-state index < -0.39 is 11.7 Å². The molecule has 26 heavy (non-hydrogen) atoms. The molecule has 132 valence electrons. The number of aromatic nitrogens is 2. The van der Waals surface area contributed by atoms with Crippen molar-refractivity contribution in [2.45, 2.75) is 36.0 Å². The molecule has 2 aromatic carbocycles. The van der Waals surface area contributed by atoms with Crippen LogP contribution < -0.4 is 4.74 Å². The van der Waals surface area contributed by atoms with E-state index in [1.807, 2.05) is 19.9 Å². The van der Waals surface area contributed by atoms with E-state index in [1.54, 1.807) is 30.3 Å². The molecular weight excluding hydrogens is 370 g/mol. The van der Waals surface area contributed by atoms with Crippen molar-refractivity contribution in [2.75, 3.05) is 0 Å². The fourth-order valence-corrected chi connectivity index (χ4v) is 4.55. The lowest BCUT2D eigenvalue weighted by Gasteiger charge is -2.41. The molecule has 2 heterocycles. The highest BCUT2D eigenvalue weighted by molar-refractivity contribution is 7.99. The monoisotopic (exact) mass is 385 g/mol. The first-order chi connectivity index (χ1) is 12.4. The van der Waals surface area contributed by atoms with Gasteiger partial charge in [0.2, 0.25) is 0 Å². The predicted octanol–water partition coefficient (Wildman–Crippen LogP) is 5.13. The molecule has 0 radical (unpaired) electrons. The average Bonchev–Trinajstić information content (AvgIpc) is 3.00. The largest absolute Gasteiger partial charge is 0.485 e. The van der Waals surface area contributed by atoms with Crippen LogP contribution in [-0.2, 0) is 0 Å². The molecule has 5 nitrogen and oxygen atoms in total. The summed E-state index contributed by atoms with van der Waals surface area (Å²) in [6.07, 6.45) is -0.766. The third-order valence-electron chi connectivity index (χ3n) is 4.46. The Morgan fingerprint density at radius 1 is 1.31 bits per heavy atom. The lowest BCUT2D eigenvalue weighted by Crippen LogP contribution is -2.47. The summed E-state index contributed by atoms with van der Waals surface area (Å²) in [5.41, 5.74) is 2.22. The molecular formula is C19H16ClN3O2S. The highest BCUT2D eigenvalue weighted by atomic mass is 35.5. The highest BCUT2D eigenvalue weighted by Crippen LogP contribution is 2.49. The summed E-state index contributed by atoms with van der Waals surface area (Å²) in [5.74, 6) is 0.685. The summed E-state index contributed by atoms with van der Waals surface area (Å²) in [5, 5.41) is 11.9. The van der Waals surface area contributed by atoms with Crippen LogP contribution in [-0.4, -0.2) is 26.8 Å². The fraction of sp³-hybridized carbons (Fsp3) is 0.263.